The lowest BCUT2D eigenvalue weighted by Crippen LogP contribution is -1.98. The van der Waals surface area contributed by atoms with Crippen molar-refractivity contribution in [1.82, 2.24) is 0 Å². The third kappa shape index (κ3) is 4.66. The molecule has 0 spiro atoms. The van der Waals surface area contributed by atoms with Gasteiger partial charge in [-0.05, 0) is 41.2 Å². The predicted octanol–water partition coefficient (Wildman–Crippen LogP) is 5.19. The van der Waals surface area contributed by atoms with Crippen molar-refractivity contribution in [2.45, 2.75) is 32.0 Å². The van der Waals surface area contributed by atoms with Crippen molar-refractivity contribution in [3.63, 3.8) is 0 Å². The van der Waals surface area contributed by atoms with Crippen LogP contribution in [0.2, 0.25) is 0 Å². The number of phenolic OH excluding ortho intramolecular Hbond substituents is 1. The molecule has 0 heterocycles. The first-order chi connectivity index (χ1) is 13.1. The Labute approximate surface area is 159 Å². The van der Waals surface area contributed by atoms with Gasteiger partial charge in [-0.3, -0.25) is 0 Å². The highest BCUT2D eigenvalue weighted by molar-refractivity contribution is 5.91. The Morgan fingerprint density at radius 1 is 0.889 bits per heavy atom. The highest BCUT2D eigenvalue weighted by Crippen LogP contribution is 2.32. The summed E-state index contributed by atoms with van der Waals surface area (Å²) in [5, 5.41) is 32.4. The molecule has 0 aliphatic heterocycles. The van der Waals surface area contributed by atoms with E-state index in [4.69, 9.17) is 0 Å². The number of aromatic hydroxyl groups is 1. The highest BCUT2D eigenvalue weighted by Gasteiger charge is 2.12. The molecular formula is C24H24O3. The van der Waals surface area contributed by atoms with Crippen molar-refractivity contribution in [2.24, 2.45) is 0 Å². The van der Waals surface area contributed by atoms with Gasteiger partial charge in [0.25, 0.3) is 0 Å². The van der Waals surface area contributed by atoms with Crippen LogP contribution in [-0.4, -0.2) is 15.3 Å². The van der Waals surface area contributed by atoms with Gasteiger partial charge in [-0.25, -0.2) is 0 Å². The average Bonchev–Trinajstić information content (AvgIpc) is 2.69. The smallest absolute Gasteiger partial charge is 0.123 e. The van der Waals surface area contributed by atoms with Crippen LogP contribution in [-0.2, 0) is 0 Å². The molecule has 27 heavy (non-hydrogen) atoms. The van der Waals surface area contributed by atoms with Gasteiger partial charge in [0, 0.05) is 18.2 Å². The van der Waals surface area contributed by atoms with E-state index in [1.807, 2.05) is 61.5 Å². The molecular weight excluding hydrogens is 336 g/mol. The van der Waals surface area contributed by atoms with Crippen LogP contribution in [0.15, 0.2) is 84.1 Å². The first kappa shape index (κ1) is 18.9. The number of aliphatic hydroxyl groups is 2. The summed E-state index contributed by atoms with van der Waals surface area (Å²) in [7, 11) is 0. The third-order valence-corrected chi connectivity index (χ3v) is 4.67. The Balaban J connectivity index is 1.70. The van der Waals surface area contributed by atoms with Crippen molar-refractivity contribution < 1.29 is 15.3 Å². The van der Waals surface area contributed by atoms with E-state index in [2.05, 4.69) is 5.73 Å². The normalized spacial score (nSPS) is 13.0. The van der Waals surface area contributed by atoms with Gasteiger partial charge in [0.1, 0.15) is 5.75 Å². The minimum absolute atomic E-state index is 0.211. The molecule has 0 radical (unpaired) electrons. The Morgan fingerprint density at radius 2 is 1.56 bits per heavy atom. The molecule has 3 N–H and O–H groups in total. The van der Waals surface area contributed by atoms with E-state index in [1.54, 1.807) is 18.2 Å². The van der Waals surface area contributed by atoms with Crippen LogP contribution in [0.5, 0.6) is 5.75 Å². The molecule has 0 amide bonds. The fourth-order valence-electron chi connectivity index (χ4n) is 3.21. The van der Waals surface area contributed by atoms with Gasteiger partial charge >= 0.3 is 0 Å². The Bertz CT molecular complexity index is 969. The molecule has 0 bridgehead atoms. The monoisotopic (exact) mass is 360 g/mol. The van der Waals surface area contributed by atoms with Crippen molar-refractivity contribution >= 4 is 10.8 Å². The predicted molar refractivity (Wildman–Crippen MR) is 108 cm³/mol. The zero-order valence-electron chi connectivity index (χ0n) is 15.3. The molecule has 0 aliphatic rings. The third-order valence-electron chi connectivity index (χ3n) is 4.67. The quantitative estimate of drug-likeness (QED) is 0.530. The van der Waals surface area contributed by atoms with Crippen molar-refractivity contribution in [2.75, 3.05) is 0 Å². The second-order valence-electron chi connectivity index (χ2n) is 6.73. The Morgan fingerprint density at radius 3 is 2.30 bits per heavy atom. The van der Waals surface area contributed by atoms with Gasteiger partial charge in [-0.2, -0.15) is 0 Å². The molecule has 3 aromatic rings. The number of phenols is 1. The maximum absolute atomic E-state index is 10.6. The highest BCUT2D eigenvalue weighted by atomic mass is 16.3. The summed E-state index contributed by atoms with van der Waals surface area (Å²) in [6, 6.07) is 20.4. The fourth-order valence-corrected chi connectivity index (χ4v) is 3.21. The molecule has 3 nitrogen and oxygen atoms in total. The molecule has 138 valence electrons. The minimum atomic E-state index is -0.685. The fraction of sp³-hybridized carbons (Fsp3) is 0.208. The van der Waals surface area contributed by atoms with Crippen molar-refractivity contribution in [3.05, 3.63) is 95.2 Å². The molecule has 0 saturated carbocycles. The molecule has 3 heteroatoms. The summed E-state index contributed by atoms with van der Waals surface area (Å²) in [4.78, 5) is 0. The van der Waals surface area contributed by atoms with Crippen LogP contribution in [0, 0.1) is 0 Å². The number of hydrogen-bond acceptors (Lipinski definition) is 3. The second-order valence-corrected chi connectivity index (χ2v) is 6.73. The largest absolute Gasteiger partial charge is 0.507 e. The maximum Gasteiger partial charge on any atom is 0.123 e. The van der Waals surface area contributed by atoms with E-state index in [1.165, 1.54) is 0 Å². The summed E-state index contributed by atoms with van der Waals surface area (Å²) in [6.07, 6.45) is 1.47. The number of hydrogen-bond donors (Lipinski definition) is 3. The number of aliphatic hydroxyl groups excluding tert-OH is 2. The van der Waals surface area contributed by atoms with E-state index in [-0.39, 0.29) is 5.75 Å². The summed E-state index contributed by atoms with van der Waals surface area (Å²) >= 11 is 0. The minimum Gasteiger partial charge on any atom is -0.507 e. The van der Waals surface area contributed by atoms with Crippen LogP contribution in [0.3, 0.4) is 0 Å². The molecule has 0 aliphatic carbocycles. The number of benzene rings is 3. The van der Waals surface area contributed by atoms with Crippen LogP contribution < -0.4 is 0 Å². The average molecular weight is 360 g/mol. The topological polar surface area (TPSA) is 60.7 Å². The van der Waals surface area contributed by atoms with Crippen molar-refractivity contribution in [3.8, 4) is 5.75 Å². The summed E-state index contributed by atoms with van der Waals surface area (Å²) < 4.78 is 0. The Hall–Kier alpha value is -2.84. The molecule has 0 unspecified atom stereocenters. The maximum atomic E-state index is 10.6. The molecule has 0 saturated heterocycles. The van der Waals surface area contributed by atoms with Gasteiger partial charge in [0.05, 0.1) is 12.2 Å². The van der Waals surface area contributed by atoms with Gasteiger partial charge in [-0.1, -0.05) is 60.7 Å². The zero-order valence-corrected chi connectivity index (χ0v) is 15.3. The molecule has 3 rings (SSSR count). The van der Waals surface area contributed by atoms with E-state index in [9.17, 15) is 15.3 Å². The van der Waals surface area contributed by atoms with Crippen LogP contribution in [0.1, 0.15) is 43.1 Å². The first-order valence-corrected chi connectivity index (χ1v) is 9.08. The van der Waals surface area contributed by atoms with Gasteiger partial charge in [0.15, 0.2) is 0 Å². The lowest BCUT2D eigenvalue weighted by Gasteiger charge is -2.13. The molecule has 3 aromatic carbocycles. The number of rotatable bonds is 6. The first-order valence-electron chi connectivity index (χ1n) is 9.08. The van der Waals surface area contributed by atoms with E-state index in [0.29, 0.717) is 12.8 Å². The van der Waals surface area contributed by atoms with Crippen molar-refractivity contribution in [1.29, 1.82) is 0 Å². The summed E-state index contributed by atoms with van der Waals surface area (Å²) in [5.74, 6) is 0.211. The lowest BCUT2D eigenvalue weighted by atomic mass is 9.98. The van der Waals surface area contributed by atoms with Gasteiger partial charge < -0.3 is 15.3 Å². The molecule has 0 fully saturated rings. The zero-order chi connectivity index (χ0) is 19.2. The molecule has 0 aromatic heterocycles. The summed E-state index contributed by atoms with van der Waals surface area (Å²) in [6.45, 7) is 1.92. The molecule has 2 atom stereocenters. The van der Waals surface area contributed by atoms with Crippen LogP contribution >= 0.6 is 0 Å². The second kappa shape index (κ2) is 8.70. The number of fused-ring (bicyclic) bond motifs is 1. The lowest BCUT2D eigenvalue weighted by molar-refractivity contribution is 0.178. The van der Waals surface area contributed by atoms with E-state index < -0.39 is 12.2 Å². The standard InChI is InChI=1S/C24H24O3/c1-17(16-24(27)18-9-3-2-4-10-18)8-7-13-22(25)21-14-15-23(26)20-12-6-5-11-19(20)21/h2-7,9-12,14-15,22,24-27H,13,16H2,1H3/t8?,22-,24-/m1/s1. The van der Waals surface area contributed by atoms with E-state index in [0.717, 1.165) is 27.5 Å². The Kier molecular flexibility index (Phi) is 6.10. The van der Waals surface area contributed by atoms with E-state index >= 15 is 0 Å². The summed E-state index contributed by atoms with van der Waals surface area (Å²) in [5.41, 5.74) is 5.76. The van der Waals surface area contributed by atoms with Crippen LogP contribution in [0.4, 0.5) is 0 Å². The van der Waals surface area contributed by atoms with Gasteiger partial charge in [-0.15, -0.1) is 5.73 Å². The SMILES string of the molecule is CC(=C=CC[C@@H](O)c1ccc(O)c2ccccc12)C[C@@H](O)c1ccccc1. The van der Waals surface area contributed by atoms with Crippen LogP contribution in [0.25, 0.3) is 10.8 Å². The van der Waals surface area contributed by atoms with Gasteiger partial charge in [0.2, 0.25) is 0 Å².